The Hall–Kier alpha value is -2.52. The SMILES string of the molecule is O=c1[nH]c(=S)[nH]c(O)c1C=Nc1ccc(Cl)cc1[N+](=O)[O-]. The van der Waals surface area contributed by atoms with E-state index in [9.17, 15) is 20.0 Å². The van der Waals surface area contributed by atoms with Crippen molar-refractivity contribution in [3.8, 4) is 5.88 Å². The maximum Gasteiger partial charge on any atom is 0.296 e. The quantitative estimate of drug-likeness (QED) is 0.346. The van der Waals surface area contributed by atoms with Crippen LogP contribution >= 0.6 is 23.8 Å². The third-order valence-electron chi connectivity index (χ3n) is 2.43. The topological polar surface area (TPSA) is 124 Å². The van der Waals surface area contributed by atoms with Gasteiger partial charge in [0.25, 0.3) is 11.2 Å². The molecule has 108 valence electrons. The Bertz CT molecular complexity index is 858. The van der Waals surface area contributed by atoms with Gasteiger partial charge >= 0.3 is 0 Å². The Kier molecular flexibility index (Phi) is 4.15. The summed E-state index contributed by atoms with van der Waals surface area (Å²) in [4.78, 5) is 30.3. The van der Waals surface area contributed by atoms with E-state index < -0.39 is 16.4 Å². The van der Waals surface area contributed by atoms with E-state index in [2.05, 4.69) is 27.2 Å². The lowest BCUT2D eigenvalue weighted by atomic mass is 10.2. The Balaban J connectivity index is 2.50. The molecule has 1 aromatic carbocycles. The van der Waals surface area contributed by atoms with Gasteiger partial charge in [-0.25, -0.2) is 4.99 Å². The van der Waals surface area contributed by atoms with E-state index in [1.807, 2.05) is 0 Å². The average molecular weight is 327 g/mol. The first-order chi connectivity index (χ1) is 9.88. The van der Waals surface area contributed by atoms with E-state index in [1.165, 1.54) is 12.1 Å². The molecule has 8 nitrogen and oxygen atoms in total. The second kappa shape index (κ2) is 5.85. The maximum absolute atomic E-state index is 11.6. The number of nitro groups is 1. The van der Waals surface area contributed by atoms with E-state index in [-0.39, 0.29) is 26.7 Å². The number of hydrogen-bond donors (Lipinski definition) is 3. The molecule has 0 bridgehead atoms. The largest absolute Gasteiger partial charge is 0.494 e. The van der Waals surface area contributed by atoms with Crippen LogP contribution in [-0.2, 0) is 0 Å². The van der Waals surface area contributed by atoms with Gasteiger partial charge in [-0.15, -0.1) is 0 Å². The zero-order chi connectivity index (χ0) is 15.6. The zero-order valence-electron chi connectivity index (χ0n) is 10.2. The summed E-state index contributed by atoms with van der Waals surface area (Å²) in [6.45, 7) is 0. The molecule has 0 aliphatic rings. The predicted octanol–water partition coefficient (Wildman–Crippen LogP) is 2.45. The summed E-state index contributed by atoms with van der Waals surface area (Å²) in [6.07, 6.45) is 0.996. The van der Waals surface area contributed by atoms with Crippen LogP contribution in [0.15, 0.2) is 28.0 Å². The van der Waals surface area contributed by atoms with E-state index in [0.29, 0.717) is 0 Å². The van der Waals surface area contributed by atoms with Gasteiger partial charge in [0.1, 0.15) is 11.3 Å². The molecule has 0 spiro atoms. The molecule has 21 heavy (non-hydrogen) atoms. The molecule has 1 heterocycles. The molecule has 10 heteroatoms. The highest BCUT2D eigenvalue weighted by Gasteiger charge is 2.14. The van der Waals surface area contributed by atoms with Gasteiger partial charge in [-0.05, 0) is 24.4 Å². The van der Waals surface area contributed by atoms with Gasteiger partial charge in [-0.2, -0.15) is 0 Å². The van der Waals surface area contributed by atoms with Gasteiger partial charge in [0.15, 0.2) is 4.77 Å². The van der Waals surface area contributed by atoms with Crippen LogP contribution < -0.4 is 5.56 Å². The third kappa shape index (κ3) is 3.33. The van der Waals surface area contributed by atoms with Gasteiger partial charge in [0.2, 0.25) is 5.88 Å². The first-order valence-corrected chi connectivity index (χ1v) is 6.20. The number of rotatable bonds is 3. The summed E-state index contributed by atoms with van der Waals surface area (Å²) in [7, 11) is 0. The van der Waals surface area contributed by atoms with E-state index in [0.717, 1.165) is 12.3 Å². The molecule has 0 amide bonds. The van der Waals surface area contributed by atoms with Crippen LogP contribution in [0.1, 0.15) is 5.56 Å². The lowest BCUT2D eigenvalue weighted by Crippen LogP contribution is -2.13. The van der Waals surface area contributed by atoms with Crippen LogP contribution in [0.5, 0.6) is 5.88 Å². The van der Waals surface area contributed by atoms with Gasteiger partial charge in [0.05, 0.1) is 4.92 Å². The number of benzene rings is 1. The molecule has 0 unspecified atom stereocenters. The first kappa shape index (κ1) is 14.9. The minimum atomic E-state index is -0.670. The fourth-order valence-electron chi connectivity index (χ4n) is 1.49. The van der Waals surface area contributed by atoms with Crippen molar-refractivity contribution in [2.75, 3.05) is 0 Å². The van der Waals surface area contributed by atoms with Crippen LogP contribution in [0, 0.1) is 14.9 Å². The highest BCUT2D eigenvalue weighted by atomic mass is 35.5. The van der Waals surface area contributed by atoms with Crippen molar-refractivity contribution in [3.05, 3.63) is 54.0 Å². The van der Waals surface area contributed by atoms with Gasteiger partial charge < -0.3 is 10.1 Å². The van der Waals surface area contributed by atoms with Crippen LogP contribution in [0.3, 0.4) is 0 Å². The molecule has 2 rings (SSSR count). The second-order valence-corrected chi connectivity index (χ2v) is 4.66. The van der Waals surface area contributed by atoms with Crippen LogP contribution in [0.25, 0.3) is 0 Å². The van der Waals surface area contributed by atoms with Crippen molar-refractivity contribution in [3.63, 3.8) is 0 Å². The van der Waals surface area contributed by atoms with Crippen molar-refractivity contribution in [2.24, 2.45) is 4.99 Å². The standard InChI is InChI=1S/C11H7ClN4O4S/c12-5-1-2-7(8(3-5)16(19)20)13-4-6-9(17)14-11(21)15-10(6)18/h1-4H,(H3,14,15,17,18,21). The van der Waals surface area contributed by atoms with Crippen LogP contribution in [0.2, 0.25) is 5.02 Å². The number of nitrogens with zero attached hydrogens (tertiary/aromatic N) is 2. The molecule has 0 aliphatic carbocycles. The Morgan fingerprint density at radius 1 is 1.43 bits per heavy atom. The Morgan fingerprint density at radius 2 is 2.14 bits per heavy atom. The Labute approximate surface area is 126 Å². The summed E-state index contributed by atoms with van der Waals surface area (Å²) in [6, 6.07) is 3.88. The van der Waals surface area contributed by atoms with Crippen LogP contribution in [-0.4, -0.2) is 26.2 Å². The van der Waals surface area contributed by atoms with E-state index in [1.54, 1.807) is 0 Å². The number of nitro benzene ring substituents is 1. The van der Waals surface area contributed by atoms with Gasteiger partial charge in [-0.1, -0.05) is 11.6 Å². The molecule has 0 saturated heterocycles. The summed E-state index contributed by atoms with van der Waals surface area (Å²) in [5, 5.41) is 20.7. The summed E-state index contributed by atoms with van der Waals surface area (Å²) >= 11 is 10.4. The number of aliphatic imine (C=N–C) groups is 1. The molecular weight excluding hydrogens is 320 g/mol. The van der Waals surface area contributed by atoms with Crippen LogP contribution in [0.4, 0.5) is 11.4 Å². The van der Waals surface area contributed by atoms with Crippen molar-refractivity contribution in [1.29, 1.82) is 0 Å². The normalized spacial score (nSPS) is 10.9. The molecule has 1 aromatic heterocycles. The van der Waals surface area contributed by atoms with E-state index >= 15 is 0 Å². The highest BCUT2D eigenvalue weighted by Crippen LogP contribution is 2.30. The lowest BCUT2D eigenvalue weighted by Gasteiger charge is -1.99. The van der Waals surface area contributed by atoms with E-state index in [4.69, 9.17) is 11.6 Å². The molecule has 0 aliphatic heterocycles. The number of aromatic amines is 2. The third-order valence-corrected chi connectivity index (χ3v) is 2.86. The molecule has 2 aromatic rings. The number of nitrogens with one attached hydrogen (secondary N) is 2. The zero-order valence-corrected chi connectivity index (χ0v) is 11.7. The van der Waals surface area contributed by atoms with Crippen molar-refractivity contribution < 1.29 is 10.0 Å². The predicted molar refractivity (Wildman–Crippen MR) is 79.3 cm³/mol. The minimum absolute atomic E-state index is 0.00866. The molecular formula is C11H7ClN4O4S. The van der Waals surface area contributed by atoms with Crippen molar-refractivity contribution in [2.45, 2.75) is 0 Å². The average Bonchev–Trinajstić information content (AvgIpc) is 2.38. The summed E-state index contributed by atoms with van der Waals surface area (Å²) in [5.74, 6) is -0.482. The second-order valence-electron chi connectivity index (χ2n) is 3.82. The number of hydrogen-bond acceptors (Lipinski definition) is 6. The van der Waals surface area contributed by atoms with Crippen molar-refractivity contribution >= 4 is 41.4 Å². The minimum Gasteiger partial charge on any atom is -0.494 e. The number of aromatic hydroxyl groups is 1. The number of halogens is 1. The fraction of sp³-hybridized carbons (Fsp3) is 0. The molecule has 3 N–H and O–H groups in total. The summed E-state index contributed by atoms with van der Waals surface area (Å²) in [5.41, 5.74) is -1.20. The van der Waals surface area contributed by atoms with Gasteiger partial charge in [-0.3, -0.25) is 19.9 Å². The van der Waals surface area contributed by atoms with Gasteiger partial charge in [0, 0.05) is 17.3 Å². The summed E-state index contributed by atoms with van der Waals surface area (Å²) < 4.78 is -0.0490. The smallest absolute Gasteiger partial charge is 0.296 e. The number of H-pyrrole nitrogens is 2. The molecule has 0 atom stereocenters. The monoisotopic (exact) mass is 326 g/mol. The molecule has 0 fully saturated rings. The maximum atomic E-state index is 11.6. The Morgan fingerprint density at radius 3 is 2.76 bits per heavy atom. The molecule has 0 radical (unpaired) electrons. The van der Waals surface area contributed by atoms with Crippen molar-refractivity contribution in [1.82, 2.24) is 9.97 Å². The lowest BCUT2D eigenvalue weighted by molar-refractivity contribution is -0.384. The first-order valence-electron chi connectivity index (χ1n) is 5.42. The highest BCUT2D eigenvalue weighted by molar-refractivity contribution is 7.71. The number of aromatic nitrogens is 2. The molecule has 0 saturated carbocycles. The fourth-order valence-corrected chi connectivity index (χ4v) is 1.85.